The minimum absolute atomic E-state index is 0.100. The Labute approximate surface area is 291 Å². The van der Waals surface area contributed by atoms with Crippen LogP contribution in [0.4, 0.5) is 0 Å². The van der Waals surface area contributed by atoms with Gasteiger partial charge in [-0.3, -0.25) is 28.9 Å². The van der Waals surface area contributed by atoms with Crippen molar-refractivity contribution in [1.29, 1.82) is 0 Å². The molecule has 3 amide bonds. The number of aromatic nitrogens is 1. The Morgan fingerprint density at radius 3 is 2.65 bits per heavy atom. The second-order valence-electron chi connectivity index (χ2n) is 14.2. The fourth-order valence-electron chi connectivity index (χ4n) is 8.94. The number of fused-ring (bicyclic) bond motifs is 6. The Bertz CT molecular complexity index is 2130. The fourth-order valence-corrected chi connectivity index (χ4v) is 8.94. The number of aliphatic hydroxyl groups is 1. The minimum Gasteiger partial charge on any atom is -0.436 e. The Morgan fingerprint density at radius 2 is 1.84 bits per heavy atom. The van der Waals surface area contributed by atoms with Gasteiger partial charge in [-0.25, -0.2) is 9.59 Å². The maximum atomic E-state index is 14.9. The second kappa shape index (κ2) is 10.8. The number of esters is 2. The number of amides is 3. The van der Waals surface area contributed by atoms with E-state index in [0.29, 0.717) is 36.9 Å². The monoisotopic (exact) mass is 693 g/mol. The smallest absolute Gasteiger partial charge is 0.336 e. The molecular formula is C37H35N5O9. The quantitative estimate of drug-likeness (QED) is 0.337. The normalized spacial score (nSPS) is 33.5. The molecule has 0 bridgehead atoms. The van der Waals surface area contributed by atoms with Crippen molar-refractivity contribution in [1.82, 2.24) is 25.0 Å². The third-order valence-corrected chi connectivity index (χ3v) is 11.2. The number of hydrogen-bond donors (Lipinski definition) is 3. The van der Waals surface area contributed by atoms with Crippen molar-refractivity contribution in [3.8, 4) is 0 Å². The van der Waals surface area contributed by atoms with Gasteiger partial charge in [-0.2, -0.15) is 0 Å². The van der Waals surface area contributed by atoms with E-state index in [-0.39, 0.29) is 30.7 Å². The first-order valence-electron chi connectivity index (χ1n) is 17.0. The van der Waals surface area contributed by atoms with Crippen molar-refractivity contribution >= 4 is 46.1 Å². The van der Waals surface area contributed by atoms with Gasteiger partial charge in [0.15, 0.2) is 5.76 Å². The molecular weight excluding hydrogens is 658 g/mol. The molecule has 5 aliphatic heterocycles. The van der Waals surface area contributed by atoms with Crippen LogP contribution < -0.4 is 5.32 Å². The van der Waals surface area contributed by atoms with E-state index in [4.69, 9.17) is 14.2 Å². The summed E-state index contributed by atoms with van der Waals surface area (Å²) in [4.78, 5) is 77.5. The number of piperazine rings is 1. The molecule has 3 aromatic rings. The lowest BCUT2D eigenvalue weighted by molar-refractivity contribution is -0.315. The van der Waals surface area contributed by atoms with Gasteiger partial charge in [0.1, 0.15) is 12.1 Å². The third-order valence-electron chi connectivity index (χ3n) is 11.2. The molecule has 14 heteroatoms. The number of H-pyrrole nitrogens is 1. The summed E-state index contributed by atoms with van der Waals surface area (Å²) in [5, 5.41) is 15.8. The zero-order valence-corrected chi connectivity index (χ0v) is 27.9. The van der Waals surface area contributed by atoms with Crippen LogP contribution in [0.5, 0.6) is 0 Å². The van der Waals surface area contributed by atoms with Gasteiger partial charge in [-0.1, -0.05) is 42.5 Å². The van der Waals surface area contributed by atoms with Gasteiger partial charge in [-0.15, -0.1) is 0 Å². The number of likely N-dealkylation sites (N-methyl/N-ethyl adjacent to an activating group) is 1. The predicted molar refractivity (Wildman–Crippen MR) is 177 cm³/mol. The molecule has 51 heavy (non-hydrogen) atoms. The zero-order valence-electron chi connectivity index (χ0n) is 27.9. The molecule has 3 unspecified atom stereocenters. The third kappa shape index (κ3) is 4.42. The fraction of sp³-hybridized carbons (Fsp3) is 0.378. The van der Waals surface area contributed by atoms with Crippen molar-refractivity contribution < 1.29 is 43.3 Å². The minimum atomic E-state index is -2.27. The van der Waals surface area contributed by atoms with E-state index >= 15 is 0 Å². The van der Waals surface area contributed by atoms with E-state index in [2.05, 4.69) is 10.3 Å². The van der Waals surface area contributed by atoms with Crippen LogP contribution in [-0.4, -0.2) is 110 Å². The molecule has 0 radical (unpaired) electrons. The first-order valence-corrected chi connectivity index (χ1v) is 17.0. The highest BCUT2D eigenvalue weighted by molar-refractivity contribution is 6.06. The van der Waals surface area contributed by atoms with Crippen LogP contribution in [0.3, 0.4) is 0 Å². The summed E-state index contributed by atoms with van der Waals surface area (Å²) in [6.45, 7) is 1.44. The van der Waals surface area contributed by atoms with Crippen molar-refractivity contribution in [2.24, 2.45) is 0 Å². The van der Waals surface area contributed by atoms with Crippen LogP contribution in [0, 0.1) is 0 Å². The summed E-state index contributed by atoms with van der Waals surface area (Å²) in [6, 6.07) is 12.4. The summed E-state index contributed by atoms with van der Waals surface area (Å²) in [5.74, 6) is -6.48. The topological polar surface area (TPSA) is 171 Å². The largest absolute Gasteiger partial charge is 0.436 e. The molecule has 0 spiro atoms. The maximum Gasteiger partial charge on any atom is 0.336 e. The average Bonchev–Trinajstić information content (AvgIpc) is 3.81. The van der Waals surface area contributed by atoms with E-state index in [1.165, 1.54) is 6.92 Å². The molecule has 6 aliphatic rings. The lowest BCUT2D eigenvalue weighted by atomic mass is 9.76. The summed E-state index contributed by atoms with van der Waals surface area (Å²) < 4.78 is 18.2. The molecule has 3 N–H and O–H groups in total. The SMILES string of the molecule is CN1C[C@@]2(C(=O)NC3(C)OC4(O)[C@@H]5CCCN5C(=O)C(Cc5ccccc5)N4C3=O)OC(=O)/C=C\C(=O)OC2=C2c3cccc4[nH]cc(c34)C[C@H]21. The number of benzene rings is 2. The van der Waals surface area contributed by atoms with E-state index in [0.717, 1.165) is 39.1 Å². The number of hydrogen-bond acceptors (Lipinski definition) is 10. The lowest BCUT2D eigenvalue weighted by Crippen LogP contribution is -2.71. The van der Waals surface area contributed by atoms with Gasteiger partial charge in [0.2, 0.25) is 11.6 Å². The Morgan fingerprint density at radius 1 is 1.06 bits per heavy atom. The number of ether oxygens (including phenoxy) is 3. The number of rotatable bonds is 4. The van der Waals surface area contributed by atoms with E-state index in [1.54, 1.807) is 11.9 Å². The number of nitrogens with one attached hydrogen (secondary N) is 2. The Kier molecular flexibility index (Phi) is 6.73. The first kappa shape index (κ1) is 31.7. The molecule has 2 aromatic carbocycles. The highest BCUT2D eigenvalue weighted by Gasteiger charge is 2.71. The van der Waals surface area contributed by atoms with Crippen LogP contribution in [0.15, 0.2) is 72.6 Å². The second-order valence-corrected chi connectivity index (χ2v) is 14.2. The van der Waals surface area contributed by atoms with Gasteiger partial charge >= 0.3 is 11.9 Å². The van der Waals surface area contributed by atoms with Crippen molar-refractivity contribution in [2.75, 3.05) is 20.1 Å². The lowest BCUT2D eigenvalue weighted by Gasteiger charge is -2.48. The van der Waals surface area contributed by atoms with Crippen LogP contribution >= 0.6 is 0 Å². The van der Waals surface area contributed by atoms with Crippen molar-refractivity contribution in [3.63, 3.8) is 0 Å². The highest BCUT2D eigenvalue weighted by Crippen LogP contribution is 2.49. The summed E-state index contributed by atoms with van der Waals surface area (Å²) >= 11 is 0. The zero-order chi connectivity index (χ0) is 35.4. The van der Waals surface area contributed by atoms with Crippen molar-refractivity contribution in [2.45, 2.75) is 68.0 Å². The van der Waals surface area contributed by atoms with Gasteiger partial charge in [0.25, 0.3) is 23.3 Å². The highest BCUT2D eigenvalue weighted by atomic mass is 16.7. The molecule has 3 saturated heterocycles. The summed E-state index contributed by atoms with van der Waals surface area (Å²) in [7, 11) is 1.77. The van der Waals surface area contributed by atoms with Crippen LogP contribution in [0.1, 0.15) is 36.5 Å². The van der Waals surface area contributed by atoms with E-state index in [9.17, 15) is 29.1 Å². The molecule has 0 saturated carbocycles. The molecule has 262 valence electrons. The predicted octanol–water partition coefficient (Wildman–Crippen LogP) is 1.10. The van der Waals surface area contributed by atoms with E-state index in [1.807, 2.05) is 59.6 Å². The standard InChI is InChI=1S/C37H35N5O9/c1-35(34(47)42-25(16-20-8-4-3-5-9-20)32(45)41-15-7-12-26(41)37(42,48)51-35)39-33(46)36-19-40(2)24-17-21-18-38-23-11-6-10-22(29(21)23)30(24)31(36)49-27(43)13-14-28(44)50-36/h3-6,8-11,13-14,18,24-26,38,48H,7,12,15-17,19H2,1-2H3,(H,39,46)/b14-13-/t24-,25?,26+,35?,36-,37?/m1/s1. The molecule has 14 nitrogen and oxygen atoms in total. The molecule has 1 aliphatic carbocycles. The molecule has 6 atom stereocenters. The summed E-state index contributed by atoms with van der Waals surface area (Å²) in [5.41, 5.74) is -0.671. The number of aromatic amines is 1. The molecule has 3 fully saturated rings. The average molecular weight is 694 g/mol. The Hall–Kier alpha value is -5.31. The van der Waals surface area contributed by atoms with Crippen molar-refractivity contribution in [3.05, 3.63) is 89.3 Å². The number of carbonyl (C=O) groups is 5. The number of carbonyl (C=O) groups excluding carboxylic acids is 5. The maximum absolute atomic E-state index is 14.9. The van der Waals surface area contributed by atoms with Gasteiger partial charge in [0, 0.05) is 53.8 Å². The van der Waals surface area contributed by atoms with Crippen LogP contribution in [0.2, 0.25) is 0 Å². The van der Waals surface area contributed by atoms with Crippen LogP contribution in [0.25, 0.3) is 16.5 Å². The van der Waals surface area contributed by atoms with Crippen LogP contribution in [-0.2, 0) is 51.0 Å². The number of nitrogens with zero attached hydrogens (tertiary/aromatic N) is 3. The first-order chi connectivity index (χ1) is 24.4. The molecule has 9 rings (SSSR count). The molecule has 6 heterocycles. The molecule has 1 aromatic heterocycles. The van der Waals surface area contributed by atoms with Gasteiger partial charge in [-0.05, 0) is 56.0 Å². The van der Waals surface area contributed by atoms with Gasteiger partial charge in [0.05, 0.1) is 6.54 Å². The summed E-state index contributed by atoms with van der Waals surface area (Å²) in [6.07, 6.45) is 5.32. The van der Waals surface area contributed by atoms with Gasteiger partial charge < -0.3 is 29.8 Å². The van der Waals surface area contributed by atoms with E-state index < -0.39 is 53.1 Å². The Balaban J connectivity index is 1.15.